The van der Waals surface area contributed by atoms with Crippen molar-refractivity contribution in [3.8, 4) is 6.07 Å². The Morgan fingerprint density at radius 2 is 2.11 bits per heavy atom. The zero-order valence-electron chi connectivity index (χ0n) is 20.0. The Labute approximate surface area is 209 Å². The molecule has 1 fully saturated rings. The molecule has 0 bridgehead atoms. The third-order valence-corrected chi connectivity index (χ3v) is 8.09. The van der Waals surface area contributed by atoms with E-state index in [0.29, 0.717) is 36.1 Å². The molecule has 0 spiro atoms. The molecular formula is C25H29N5O5S. The van der Waals surface area contributed by atoms with Crippen molar-refractivity contribution in [3.63, 3.8) is 0 Å². The molecule has 2 atom stereocenters. The molecular weight excluding hydrogens is 482 g/mol. The number of aryl methyl sites for hydroxylation is 1. The van der Waals surface area contributed by atoms with Gasteiger partial charge in [0.15, 0.2) is 0 Å². The second-order valence-electron chi connectivity index (χ2n) is 8.93. The van der Waals surface area contributed by atoms with Gasteiger partial charge in [0, 0.05) is 49.4 Å². The normalized spacial score (nSPS) is 17.0. The van der Waals surface area contributed by atoms with Gasteiger partial charge in [-0.1, -0.05) is 6.07 Å². The number of hydrogen-bond donors (Lipinski definition) is 2. The standard InChI is InChI=1S/C25H29N5O5S/c1-35-24(31)15-18-5-3-13-30(17-18)25(32)22(10-14-29-12-4-6-19(29)16-26)28-36(33,34)23-8-2-7-21-20(23)9-11-27-21/h2,4,6-9,11-12,18,22,27-28H,3,5,10,13-15,17H2,1H3. The van der Waals surface area contributed by atoms with E-state index in [1.165, 1.54) is 13.2 Å². The first kappa shape index (κ1) is 25.5. The Hall–Kier alpha value is -3.62. The fourth-order valence-corrected chi connectivity index (χ4v) is 6.17. The molecule has 2 N–H and O–H groups in total. The summed E-state index contributed by atoms with van der Waals surface area (Å²) in [4.78, 5) is 30.1. The molecule has 2 unspecified atom stereocenters. The molecule has 1 aliphatic rings. The number of nitrogens with one attached hydrogen (secondary N) is 2. The number of sulfonamides is 1. The van der Waals surface area contributed by atoms with Crippen molar-refractivity contribution < 1.29 is 22.7 Å². The predicted octanol–water partition coefficient (Wildman–Crippen LogP) is 2.38. The molecule has 2 aromatic heterocycles. The first-order valence-corrected chi connectivity index (χ1v) is 13.3. The van der Waals surface area contributed by atoms with Crippen LogP contribution in [0.1, 0.15) is 31.4 Å². The molecule has 0 aliphatic carbocycles. The van der Waals surface area contributed by atoms with Gasteiger partial charge in [0.05, 0.1) is 12.0 Å². The lowest BCUT2D eigenvalue weighted by Crippen LogP contribution is -2.51. The maximum Gasteiger partial charge on any atom is 0.305 e. The molecule has 1 aromatic carbocycles. The minimum Gasteiger partial charge on any atom is -0.469 e. The number of nitriles is 1. The van der Waals surface area contributed by atoms with Crippen LogP contribution in [0.25, 0.3) is 10.9 Å². The summed E-state index contributed by atoms with van der Waals surface area (Å²) in [7, 11) is -2.71. The number of benzene rings is 1. The van der Waals surface area contributed by atoms with E-state index < -0.39 is 16.1 Å². The van der Waals surface area contributed by atoms with E-state index >= 15 is 0 Å². The highest BCUT2D eigenvalue weighted by molar-refractivity contribution is 7.89. The number of piperidine rings is 1. The van der Waals surface area contributed by atoms with E-state index in [1.54, 1.807) is 52.2 Å². The highest BCUT2D eigenvalue weighted by atomic mass is 32.2. The van der Waals surface area contributed by atoms with Gasteiger partial charge in [0.1, 0.15) is 17.8 Å². The van der Waals surface area contributed by atoms with Crippen LogP contribution in [-0.4, -0.2) is 61.0 Å². The number of ether oxygens (including phenoxy) is 1. The highest BCUT2D eigenvalue weighted by Gasteiger charge is 2.33. The molecule has 1 saturated heterocycles. The molecule has 1 amide bonds. The van der Waals surface area contributed by atoms with Crippen molar-refractivity contribution in [1.82, 2.24) is 19.2 Å². The van der Waals surface area contributed by atoms with E-state index in [-0.39, 0.29) is 42.1 Å². The monoisotopic (exact) mass is 511 g/mol. The molecule has 10 nitrogen and oxygen atoms in total. The zero-order valence-corrected chi connectivity index (χ0v) is 20.8. The summed E-state index contributed by atoms with van der Waals surface area (Å²) in [6, 6.07) is 11.1. The van der Waals surface area contributed by atoms with Crippen LogP contribution in [0, 0.1) is 17.2 Å². The largest absolute Gasteiger partial charge is 0.469 e. The number of H-pyrrole nitrogens is 1. The van der Waals surface area contributed by atoms with Gasteiger partial charge in [0.2, 0.25) is 15.9 Å². The first-order chi connectivity index (χ1) is 17.3. The minimum absolute atomic E-state index is 0.0457. The molecule has 4 rings (SSSR count). The molecule has 1 aliphatic heterocycles. The summed E-state index contributed by atoms with van der Waals surface area (Å²) >= 11 is 0. The van der Waals surface area contributed by atoms with Crippen molar-refractivity contribution in [3.05, 3.63) is 54.5 Å². The smallest absolute Gasteiger partial charge is 0.305 e. The van der Waals surface area contributed by atoms with E-state index in [1.807, 2.05) is 0 Å². The summed E-state index contributed by atoms with van der Waals surface area (Å²) in [6.45, 7) is 1.12. The van der Waals surface area contributed by atoms with Crippen LogP contribution < -0.4 is 4.72 Å². The zero-order chi connectivity index (χ0) is 25.7. The topological polar surface area (TPSA) is 137 Å². The van der Waals surface area contributed by atoms with Crippen molar-refractivity contribution in [2.45, 2.75) is 43.2 Å². The summed E-state index contributed by atoms with van der Waals surface area (Å²) < 4.78 is 36.0. The third kappa shape index (κ3) is 5.61. The summed E-state index contributed by atoms with van der Waals surface area (Å²) in [6.07, 6.45) is 5.26. The van der Waals surface area contributed by atoms with Gasteiger partial charge >= 0.3 is 5.97 Å². The quantitative estimate of drug-likeness (QED) is 0.423. The maximum absolute atomic E-state index is 13.6. The number of nitrogens with zero attached hydrogens (tertiary/aromatic N) is 3. The fraction of sp³-hybridized carbons (Fsp3) is 0.400. The minimum atomic E-state index is -4.05. The number of carbonyl (C=O) groups excluding carboxylic acids is 2. The molecule has 0 radical (unpaired) electrons. The van der Waals surface area contributed by atoms with Crippen LogP contribution in [-0.2, 0) is 30.9 Å². The number of fused-ring (bicyclic) bond motifs is 1. The number of amides is 1. The Morgan fingerprint density at radius 3 is 2.89 bits per heavy atom. The summed E-state index contributed by atoms with van der Waals surface area (Å²) in [5, 5.41) is 9.86. The number of esters is 1. The Kier molecular flexibility index (Phi) is 7.76. The average molecular weight is 512 g/mol. The number of methoxy groups -OCH3 is 1. The van der Waals surface area contributed by atoms with E-state index in [2.05, 4.69) is 15.8 Å². The second kappa shape index (κ2) is 11.0. The van der Waals surface area contributed by atoms with E-state index in [4.69, 9.17) is 4.74 Å². The molecule has 190 valence electrons. The van der Waals surface area contributed by atoms with Gasteiger partial charge < -0.3 is 19.2 Å². The number of aromatic nitrogens is 2. The van der Waals surface area contributed by atoms with Gasteiger partial charge in [-0.2, -0.15) is 9.98 Å². The number of aromatic amines is 1. The molecule has 11 heteroatoms. The van der Waals surface area contributed by atoms with Crippen LogP contribution in [0.15, 0.2) is 53.7 Å². The number of carbonyl (C=O) groups is 2. The summed E-state index contributed by atoms with van der Waals surface area (Å²) in [5.41, 5.74) is 1.10. The van der Waals surface area contributed by atoms with Crippen LogP contribution in [0.4, 0.5) is 0 Å². The Balaban J connectivity index is 1.58. The van der Waals surface area contributed by atoms with Gasteiger partial charge in [-0.25, -0.2) is 8.42 Å². The van der Waals surface area contributed by atoms with Gasteiger partial charge in [-0.15, -0.1) is 0 Å². The summed E-state index contributed by atoms with van der Waals surface area (Å²) in [5.74, 6) is -0.724. The third-order valence-electron chi connectivity index (χ3n) is 6.56. The maximum atomic E-state index is 13.6. The van der Waals surface area contributed by atoms with Crippen molar-refractivity contribution >= 4 is 32.8 Å². The van der Waals surface area contributed by atoms with Gasteiger partial charge in [-0.05, 0) is 55.5 Å². The van der Waals surface area contributed by atoms with Gasteiger partial charge in [0.25, 0.3) is 0 Å². The molecule has 0 saturated carbocycles. The molecule has 3 heterocycles. The first-order valence-electron chi connectivity index (χ1n) is 11.8. The van der Waals surface area contributed by atoms with Crippen molar-refractivity contribution in [2.24, 2.45) is 5.92 Å². The average Bonchev–Trinajstić information content (AvgIpc) is 3.55. The Morgan fingerprint density at radius 1 is 1.28 bits per heavy atom. The second-order valence-corrected chi connectivity index (χ2v) is 10.6. The van der Waals surface area contributed by atoms with Crippen LogP contribution in [0.2, 0.25) is 0 Å². The SMILES string of the molecule is COC(=O)CC1CCCN(C(=O)C(CCn2cccc2C#N)NS(=O)(=O)c2cccc3[nH]ccc23)C1. The van der Waals surface area contributed by atoms with E-state index in [9.17, 15) is 23.3 Å². The number of likely N-dealkylation sites (tertiary alicyclic amines) is 1. The lowest BCUT2D eigenvalue weighted by molar-refractivity contribution is -0.144. The lowest BCUT2D eigenvalue weighted by atomic mass is 9.94. The van der Waals surface area contributed by atoms with E-state index in [0.717, 1.165) is 6.42 Å². The predicted molar refractivity (Wildman–Crippen MR) is 132 cm³/mol. The molecule has 3 aromatic rings. The van der Waals surface area contributed by atoms with Gasteiger partial charge in [-0.3, -0.25) is 9.59 Å². The number of rotatable bonds is 9. The Bertz CT molecular complexity index is 1390. The lowest BCUT2D eigenvalue weighted by Gasteiger charge is -2.35. The van der Waals surface area contributed by atoms with Crippen molar-refractivity contribution in [2.75, 3.05) is 20.2 Å². The van der Waals surface area contributed by atoms with Crippen LogP contribution in [0.5, 0.6) is 0 Å². The van der Waals surface area contributed by atoms with Crippen LogP contribution in [0.3, 0.4) is 0 Å². The number of hydrogen-bond acceptors (Lipinski definition) is 6. The van der Waals surface area contributed by atoms with Crippen molar-refractivity contribution in [1.29, 1.82) is 5.26 Å². The molecule has 36 heavy (non-hydrogen) atoms. The fourth-order valence-electron chi connectivity index (χ4n) is 4.72. The van der Waals surface area contributed by atoms with Crippen LogP contribution >= 0.6 is 0 Å². The highest BCUT2D eigenvalue weighted by Crippen LogP contribution is 2.24.